The molecule has 5 heteroatoms. The average molecular weight is 269 g/mol. The fourth-order valence-corrected chi connectivity index (χ4v) is 1.55. The van der Waals surface area contributed by atoms with E-state index in [-0.39, 0.29) is 11.6 Å². The first-order valence-electron chi connectivity index (χ1n) is 6.04. The number of rotatable bonds is 4. The summed E-state index contributed by atoms with van der Waals surface area (Å²) < 4.78 is 0. The van der Waals surface area contributed by atoms with E-state index in [0.29, 0.717) is 11.4 Å². The van der Waals surface area contributed by atoms with Crippen molar-refractivity contribution in [3.8, 4) is 0 Å². The van der Waals surface area contributed by atoms with E-state index in [1.165, 1.54) is 0 Å². The van der Waals surface area contributed by atoms with E-state index >= 15 is 0 Å². The predicted octanol–water partition coefficient (Wildman–Crippen LogP) is 2.42. The summed E-state index contributed by atoms with van der Waals surface area (Å²) >= 11 is 0. The van der Waals surface area contributed by atoms with Crippen LogP contribution >= 0.6 is 0 Å². The molecule has 0 aliphatic heterocycles. The van der Waals surface area contributed by atoms with Gasteiger partial charge in [-0.25, -0.2) is 0 Å². The topological polar surface area (TPSA) is 87.4 Å². The molecule has 0 bridgehead atoms. The molecule has 2 aromatic carbocycles. The van der Waals surface area contributed by atoms with Gasteiger partial charge in [0.15, 0.2) is 5.70 Å². The molecule has 0 saturated heterocycles. The first-order valence-corrected chi connectivity index (χ1v) is 6.04. The first kappa shape index (κ1) is 13.5. The standard InChI is InChI=1S/C15H15N3O2/c16-13(14(19)17-11-7-3-1-4-8-11)15(20)18-12-9-5-2-6-10-12/h1-10,17,19H,16H2,(H,18,20)/b14-13-. The van der Waals surface area contributed by atoms with Gasteiger partial charge in [0.25, 0.3) is 5.91 Å². The third kappa shape index (κ3) is 3.52. The summed E-state index contributed by atoms with van der Waals surface area (Å²) in [7, 11) is 0. The van der Waals surface area contributed by atoms with Crippen molar-refractivity contribution in [2.45, 2.75) is 0 Å². The van der Waals surface area contributed by atoms with Gasteiger partial charge in [-0.05, 0) is 24.3 Å². The summed E-state index contributed by atoms with van der Waals surface area (Å²) in [6.07, 6.45) is 0. The summed E-state index contributed by atoms with van der Waals surface area (Å²) in [5.41, 5.74) is 6.58. The molecule has 2 rings (SSSR count). The van der Waals surface area contributed by atoms with Gasteiger partial charge in [0.2, 0.25) is 5.88 Å². The van der Waals surface area contributed by atoms with Crippen LogP contribution in [-0.2, 0) is 4.79 Å². The second-order valence-electron chi connectivity index (χ2n) is 4.07. The van der Waals surface area contributed by atoms with E-state index in [2.05, 4.69) is 10.6 Å². The van der Waals surface area contributed by atoms with Crippen molar-refractivity contribution in [2.75, 3.05) is 10.6 Å². The minimum absolute atomic E-state index is 0.280. The van der Waals surface area contributed by atoms with E-state index in [1.54, 1.807) is 48.5 Å². The van der Waals surface area contributed by atoms with Gasteiger partial charge in [-0.15, -0.1) is 0 Å². The number of nitrogens with one attached hydrogen (secondary N) is 2. The highest BCUT2D eigenvalue weighted by atomic mass is 16.3. The number of amides is 1. The van der Waals surface area contributed by atoms with Crippen LogP contribution in [0.25, 0.3) is 0 Å². The molecule has 0 aliphatic carbocycles. The molecule has 1 amide bonds. The van der Waals surface area contributed by atoms with Crippen LogP contribution in [0, 0.1) is 0 Å². The molecular formula is C15H15N3O2. The SMILES string of the molecule is N/C(C(=O)Nc1ccccc1)=C(\O)Nc1ccccc1. The van der Waals surface area contributed by atoms with Gasteiger partial charge in [0, 0.05) is 11.4 Å². The Morgan fingerprint density at radius 1 is 0.850 bits per heavy atom. The lowest BCUT2D eigenvalue weighted by atomic mass is 10.3. The van der Waals surface area contributed by atoms with Crippen LogP contribution in [0.5, 0.6) is 0 Å². The highest BCUT2D eigenvalue weighted by Crippen LogP contribution is 2.10. The summed E-state index contributed by atoms with van der Waals surface area (Å²) in [5, 5.41) is 15.0. The number of hydrogen-bond donors (Lipinski definition) is 4. The molecule has 0 aliphatic rings. The molecule has 0 heterocycles. The van der Waals surface area contributed by atoms with Crippen molar-refractivity contribution < 1.29 is 9.90 Å². The smallest absolute Gasteiger partial charge is 0.277 e. The van der Waals surface area contributed by atoms with Crippen LogP contribution in [0.15, 0.2) is 72.2 Å². The second kappa shape index (κ2) is 6.29. The molecule has 0 saturated carbocycles. The van der Waals surface area contributed by atoms with Crippen LogP contribution in [0.4, 0.5) is 11.4 Å². The number of anilines is 2. The van der Waals surface area contributed by atoms with E-state index in [4.69, 9.17) is 5.73 Å². The fraction of sp³-hybridized carbons (Fsp3) is 0. The van der Waals surface area contributed by atoms with Crippen LogP contribution < -0.4 is 16.4 Å². The van der Waals surface area contributed by atoms with Gasteiger partial charge in [0.05, 0.1) is 0 Å². The zero-order valence-corrected chi connectivity index (χ0v) is 10.7. The van der Waals surface area contributed by atoms with Crippen molar-refractivity contribution in [3.05, 3.63) is 72.2 Å². The minimum Gasteiger partial charge on any atom is -0.493 e. The Bertz CT molecular complexity index is 610. The Morgan fingerprint density at radius 3 is 1.80 bits per heavy atom. The van der Waals surface area contributed by atoms with E-state index in [0.717, 1.165) is 0 Å². The maximum atomic E-state index is 11.9. The third-order valence-corrected chi connectivity index (χ3v) is 2.57. The summed E-state index contributed by atoms with van der Waals surface area (Å²) in [4.78, 5) is 11.9. The van der Waals surface area contributed by atoms with Gasteiger partial charge < -0.3 is 21.5 Å². The van der Waals surface area contributed by atoms with Gasteiger partial charge in [-0.1, -0.05) is 36.4 Å². The monoisotopic (exact) mass is 269 g/mol. The number of para-hydroxylation sites is 2. The Hall–Kier alpha value is -2.95. The fourth-order valence-electron chi connectivity index (χ4n) is 1.55. The molecule has 0 aromatic heterocycles. The van der Waals surface area contributed by atoms with E-state index < -0.39 is 5.91 Å². The molecule has 0 spiro atoms. The zero-order chi connectivity index (χ0) is 14.4. The Balaban J connectivity index is 2.06. The summed E-state index contributed by atoms with van der Waals surface area (Å²) in [6.45, 7) is 0. The van der Waals surface area contributed by atoms with Gasteiger partial charge in [-0.3, -0.25) is 4.79 Å². The quantitative estimate of drug-likeness (QED) is 0.507. The molecule has 0 fully saturated rings. The Morgan fingerprint density at radius 2 is 1.30 bits per heavy atom. The normalized spacial score (nSPS) is 11.4. The largest absolute Gasteiger partial charge is 0.493 e. The molecule has 102 valence electrons. The van der Waals surface area contributed by atoms with Gasteiger partial charge in [-0.2, -0.15) is 0 Å². The highest BCUT2D eigenvalue weighted by Gasteiger charge is 2.11. The number of hydrogen-bond acceptors (Lipinski definition) is 4. The number of aliphatic hydroxyl groups excluding tert-OH is 1. The van der Waals surface area contributed by atoms with Gasteiger partial charge >= 0.3 is 0 Å². The predicted molar refractivity (Wildman–Crippen MR) is 79.0 cm³/mol. The molecule has 2 aromatic rings. The Kier molecular flexibility index (Phi) is 4.24. The number of nitrogens with two attached hydrogens (primary N) is 1. The van der Waals surface area contributed by atoms with Gasteiger partial charge in [0.1, 0.15) is 0 Å². The first-order chi connectivity index (χ1) is 9.66. The molecule has 5 nitrogen and oxygen atoms in total. The number of carbonyl (C=O) groups is 1. The summed E-state index contributed by atoms with van der Waals surface area (Å²) in [5.74, 6) is -0.957. The number of benzene rings is 2. The van der Waals surface area contributed by atoms with E-state index in [1.807, 2.05) is 12.1 Å². The lowest BCUT2D eigenvalue weighted by Crippen LogP contribution is -2.24. The average Bonchev–Trinajstić information content (AvgIpc) is 2.48. The molecular weight excluding hydrogens is 254 g/mol. The molecule has 0 unspecified atom stereocenters. The molecule has 20 heavy (non-hydrogen) atoms. The maximum Gasteiger partial charge on any atom is 0.277 e. The van der Waals surface area contributed by atoms with Crippen LogP contribution in [0.2, 0.25) is 0 Å². The lowest BCUT2D eigenvalue weighted by molar-refractivity contribution is -0.113. The van der Waals surface area contributed by atoms with Crippen LogP contribution in [-0.4, -0.2) is 11.0 Å². The molecule has 5 N–H and O–H groups in total. The minimum atomic E-state index is -0.572. The van der Waals surface area contributed by atoms with Crippen molar-refractivity contribution in [2.24, 2.45) is 5.73 Å². The lowest BCUT2D eigenvalue weighted by Gasteiger charge is -2.09. The van der Waals surface area contributed by atoms with Crippen molar-refractivity contribution in [1.82, 2.24) is 0 Å². The van der Waals surface area contributed by atoms with E-state index in [9.17, 15) is 9.90 Å². The molecule has 0 atom stereocenters. The van der Waals surface area contributed by atoms with Crippen LogP contribution in [0.3, 0.4) is 0 Å². The molecule has 0 radical (unpaired) electrons. The second-order valence-corrected chi connectivity index (χ2v) is 4.07. The highest BCUT2D eigenvalue weighted by molar-refractivity contribution is 6.03. The third-order valence-electron chi connectivity index (χ3n) is 2.57. The van der Waals surface area contributed by atoms with Crippen molar-refractivity contribution in [1.29, 1.82) is 0 Å². The number of carbonyl (C=O) groups excluding carboxylic acids is 1. The Labute approximate surface area is 116 Å². The van der Waals surface area contributed by atoms with Crippen molar-refractivity contribution >= 4 is 17.3 Å². The van der Waals surface area contributed by atoms with Crippen molar-refractivity contribution in [3.63, 3.8) is 0 Å². The summed E-state index contributed by atoms with van der Waals surface area (Å²) in [6, 6.07) is 17.8. The van der Waals surface area contributed by atoms with Crippen LogP contribution in [0.1, 0.15) is 0 Å². The maximum absolute atomic E-state index is 11.9. The zero-order valence-electron chi connectivity index (χ0n) is 10.7. The number of aliphatic hydroxyl groups is 1.